The molecule has 12 heavy (non-hydrogen) atoms. The summed E-state index contributed by atoms with van der Waals surface area (Å²) in [4.78, 5) is 10.6. The molecule has 0 aromatic heterocycles. The standard InChI is InChI=1S/C5H7Cl3NO3/c6-5(7,8)3-12-4(11)9-1-2-10/h1-3H2,(H,9,11). The number of halogens is 3. The van der Waals surface area contributed by atoms with Gasteiger partial charge in [-0.1, -0.05) is 34.8 Å². The summed E-state index contributed by atoms with van der Waals surface area (Å²) in [5, 5.41) is 12.0. The normalized spacial score (nSPS) is 11.0. The molecule has 0 spiro atoms. The molecule has 0 fully saturated rings. The molecule has 0 heterocycles. The molecule has 0 unspecified atom stereocenters. The van der Waals surface area contributed by atoms with Crippen LogP contribution in [0.25, 0.3) is 0 Å². The number of amides is 1. The van der Waals surface area contributed by atoms with Gasteiger partial charge >= 0.3 is 6.09 Å². The maximum Gasteiger partial charge on any atom is 0.407 e. The second-order valence-corrected chi connectivity index (χ2v) is 4.34. The van der Waals surface area contributed by atoms with E-state index < -0.39 is 16.5 Å². The molecule has 0 rings (SSSR count). The van der Waals surface area contributed by atoms with Gasteiger partial charge in [0, 0.05) is 6.54 Å². The topological polar surface area (TPSA) is 58.2 Å². The van der Waals surface area contributed by atoms with E-state index in [0.29, 0.717) is 0 Å². The van der Waals surface area contributed by atoms with Crippen LogP contribution < -0.4 is 5.32 Å². The minimum atomic E-state index is -1.62. The summed E-state index contributed by atoms with van der Waals surface area (Å²) in [6.45, 7) is -0.760. The van der Waals surface area contributed by atoms with Crippen LogP contribution >= 0.6 is 34.8 Å². The highest BCUT2D eigenvalue weighted by molar-refractivity contribution is 6.67. The summed E-state index contributed by atoms with van der Waals surface area (Å²) in [5.74, 6) is 0. The first-order valence-electron chi connectivity index (χ1n) is 3.01. The van der Waals surface area contributed by atoms with Crippen molar-refractivity contribution in [2.45, 2.75) is 3.79 Å². The third kappa shape index (κ3) is 8.20. The van der Waals surface area contributed by atoms with Crippen molar-refractivity contribution in [1.82, 2.24) is 5.32 Å². The Hall–Kier alpha value is 0.1000. The van der Waals surface area contributed by atoms with Crippen LogP contribution in [-0.4, -0.2) is 29.6 Å². The molecule has 4 nitrogen and oxygen atoms in total. The van der Waals surface area contributed by atoms with E-state index in [2.05, 4.69) is 10.1 Å². The zero-order valence-corrected chi connectivity index (χ0v) is 8.25. The molecule has 1 radical (unpaired) electrons. The molecule has 0 aliphatic rings. The van der Waals surface area contributed by atoms with Gasteiger partial charge in [0.2, 0.25) is 3.79 Å². The van der Waals surface area contributed by atoms with Crippen molar-refractivity contribution in [2.75, 3.05) is 19.8 Å². The van der Waals surface area contributed by atoms with Gasteiger partial charge < -0.3 is 10.1 Å². The summed E-state index contributed by atoms with van der Waals surface area (Å²) < 4.78 is 2.81. The molecule has 0 saturated carbocycles. The number of carbonyl (C=O) groups excluding carboxylic acids is 1. The molecule has 1 amide bonds. The van der Waals surface area contributed by atoms with Crippen LogP contribution in [0.1, 0.15) is 0 Å². The molecule has 0 saturated heterocycles. The molecule has 1 N–H and O–H groups in total. The lowest BCUT2D eigenvalue weighted by molar-refractivity contribution is 0.139. The summed E-state index contributed by atoms with van der Waals surface area (Å²) in [6.07, 6.45) is -0.767. The van der Waals surface area contributed by atoms with Crippen molar-refractivity contribution in [3.63, 3.8) is 0 Å². The molecule has 71 valence electrons. The van der Waals surface area contributed by atoms with E-state index in [1.54, 1.807) is 0 Å². The Bertz CT molecular complexity index is 147. The van der Waals surface area contributed by atoms with E-state index in [-0.39, 0.29) is 13.2 Å². The summed E-state index contributed by atoms with van der Waals surface area (Å²) >= 11 is 15.8. The van der Waals surface area contributed by atoms with Gasteiger partial charge in [0.15, 0.2) is 0 Å². The van der Waals surface area contributed by atoms with Gasteiger partial charge in [-0.25, -0.2) is 9.90 Å². The molecule has 0 aliphatic heterocycles. The Labute approximate surface area is 84.7 Å². The third-order valence-electron chi connectivity index (χ3n) is 0.738. The predicted molar refractivity (Wildman–Crippen MR) is 45.2 cm³/mol. The van der Waals surface area contributed by atoms with Crippen LogP contribution in [0.15, 0.2) is 0 Å². The molecule has 0 aromatic rings. The molecule has 7 heteroatoms. The fourth-order valence-electron chi connectivity index (χ4n) is 0.352. The van der Waals surface area contributed by atoms with E-state index in [4.69, 9.17) is 34.8 Å². The number of nitrogens with one attached hydrogen (secondary N) is 1. The van der Waals surface area contributed by atoms with Gasteiger partial charge in [-0.2, -0.15) is 0 Å². The van der Waals surface area contributed by atoms with Gasteiger partial charge in [-0.05, 0) is 0 Å². The maximum absolute atomic E-state index is 10.6. The molecule has 0 atom stereocenters. The molecule has 0 aromatic carbocycles. The van der Waals surface area contributed by atoms with Crippen LogP contribution in [-0.2, 0) is 9.84 Å². The SMILES string of the molecule is [O]CCNC(=O)OCC(Cl)(Cl)Cl. The first-order valence-corrected chi connectivity index (χ1v) is 4.14. The number of ether oxygens (including phenoxy) is 1. The van der Waals surface area contributed by atoms with E-state index >= 15 is 0 Å². The van der Waals surface area contributed by atoms with Gasteiger partial charge in [0.1, 0.15) is 6.61 Å². The van der Waals surface area contributed by atoms with Crippen molar-refractivity contribution in [3.05, 3.63) is 0 Å². The number of rotatable bonds is 3. The Morgan fingerprint density at radius 3 is 2.42 bits per heavy atom. The predicted octanol–water partition coefficient (Wildman–Crippen LogP) is 1.51. The Kier molecular flexibility index (Phi) is 5.74. The van der Waals surface area contributed by atoms with Crippen molar-refractivity contribution in [2.24, 2.45) is 0 Å². The third-order valence-corrected chi connectivity index (χ3v) is 1.07. The smallest absolute Gasteiger partial charge is 0.407 e. The second-order valence-electron chi connectivity index (χ2n) is 1.82. The Morgan fingerprint density at radius 2 is 2.00 bits per heavy atom. The molecular formula is C5H7Cl3NO3. The number of hydrogen-bond acceptors (Lipinski definition) is 2. The summed E-state index contributed by atoms with van der Waals surface area (Å²) in [6, 6.07) is 0. The highest BCUT2D eigenvalue weighted by Gasteiger charge is 2.21. The van der Waals surface area contributed by atoms with E-state index in [1.807, 2.05) is 0 Å². The van der Waals surface area contributed by atoms with Crippen LogP contribution in [0.4, 0.5) is 4.79 Å². The van der Waals surface area contributed by atoms with Crippen LogP contribution in [0, 0.1) is 0 Å². The van der Waals surface area contributed by atoms with E-state index in [1.165, 1.54) is 0 Å². The molecule has 0 bridgehead atoms. The van der Waals surface area contributed by atoms with Crippen molar-refractivity contribution >= 4 is 40.9 Å². The largest absolute Gasteiger partial charge is 0.445 e. The molecule has 0 aliphatic carbocycles. The van der Waals surface area contributed by atoms with E-state index in [0.717, 1.165) is 0 Å². The summed E-state index contributed by atoms with van der Waals surface area (Å²) in [5.41, 5.74) is 0. The van der Waals surface area contributed by atoms with E-state index in [9.17, 15) is 9.90 Å². The number of hydrogen-bond donors (Lipinski definition) is 1. The van der Waals surface area contributed by atoms with Crippen molar-refractivity contribution in [1.29, 1.82) is 0 Å². The quantitative estimate of drug-likeness (QED) is 0.754. The van der Waals surface area contributed by atoms with Crippen molar-refractivity contribution in [3.8, 4) is 0 Å². The fourth-order valence-corrected chi connectivity index (χ4v) is 0.515. The number of carbonyl (C=O) groups is 1. The summed E-state index contributed by atoms with van der Waals surface area (Å²) in [7, 11) is 0. The second kappa shape index (κ2) is 5.70. The highest BCUT2D eigenvalue weighted by Crippen LogP contribution is 2.25. The lowest BCUT2D eigenvalue weighted by atomic mass is 10.7. The highest BCUT2D eigenvalue weighted by atomic mass is 35.6. The fraction of sp³-hybridized carbons (Fsp3) is 0.800. The first kappa shape index (κ1) is 12.1. The zero-order chi connectivity index (χ0) is 9.61. The average Bonchev–Trinajstić information content (AvgIpc) is 1.95. The first-order chi connectivity index (χ1) is 5.45. The molecular weight excluding hydrogens is 228 g/mol. The van der Waals surface area contributed by atoms with Crippen LogP contribution in [0.5, 0.6) is 0 Å². The van der Waals surface area contributed by atoms with Gasteiger partial charge in [0.25, 0.3) is 0 Å². The maximum atomic E-state index is 10.6. The Morgan fingerprint density at radius 1 is 1.42 bits per heavy atom. The number of alkyl halides is 3. The lowest BCUT2D eigenvalue weighted by Crippen LogP contribution is -2.29. The zero-order valence-electron chi connectivity index (χ0n) is 5.98. The van der Waals surface area contributed by atoms with Gasteiger partial charge in [-0.3, -0.25) is 0 Å². The van der Waals surface area contributed by atoms with Gasteiger partial charge in [-0.15, -0.1) is 0 Å². The van der Waals surface area contributed by atoms with Crippen molar-refractivity contribution < 1.29 is 14.6 Å². The average molecular weight is 235 g/mol. The minimum absolute atomic E-state index is 0.00130. The number of alkyl carbamates (subject to hydrolysis) is 1. The Balaban J connectivity index is 3.44. The monoisotopic (exact) mass is 234 g/mol. The minimum Gasteiger partial charge on any atom is -0.445 e. The lowest BCUT2D eigenvalue weighted by Gasteiger charge is -2.11. The van der Waals surface area contributed by atoms with Crippen LogP contribution in [0.3, 0.4) is 0 Å². The van der Waals surface area contributed by atoms with Gasteiger partial charge in [0.05, 0.1) is 6.61 Å². The van der Waals surface area contributed by atoms with Crippen LogP contribution in [0.2, 0.25) is 0 Å².